The van der Waals surface area contributed by atoms with Crippen LogP contribution in [0.2, 0.25) is 0 Å². The Bertz CT molecular complexity index is 302. The van der Waals surface area contributed by atoms with Crippen molar-refractivity contribution in [1.29, 1.82) is 0 Å². The molecule has 0 saturated heterocycles. The minimum atomic E-state index is 0. The van der Waals surface area contributed by atoms with Gasteiger partial charge in [0.15, 0.2) is 0 Å². The molecule has 0 radical (unpaired) electrons. The largest absolute Gasteiger partial charge is 0.147 e. The molecule has 0 saturated carbocycles. The lowest BCUT2D eigenvalue weighted by Gasteiger charge is -2.18. The molecule has 0 nitrogen and oxygen atoms in total. The van der Waals surface area contributed by atoms with Crippen LogP contribution in [-0.4, -0.2) is 0 Å². The fraction of sp³-hybridized carbons (Fsp3) is 0.500. The van der Waals surface area contributed by atoms with Crippen molar-refractivity contribution in [3.63, 3.8) is 0 Å². The van der Waals surface area contributed by atoms with Crippen LogP contribution in [0.15, 0.2) is 24.3 Å². The quantitative estimate of drug-likeness (QED) is 0.591. The van der Waals surface area contributed by atoms with E-state index >= 15 is 0 Å². The number of halogens is 1. The maximum atomic E-state index is 2.34. The minimum Gasteiger partial charge on any atom is -0.147 e. The highest BCUT2D eigenvalue weighted by Crippen LogP contribution is 2.44. The van der Waals surface area contributed by atoms with E-state index in [1.54, 1.807) is 11.1 Å². The van der Waals surface area contributed by atoms with E-state index in [1.165, 1.54) is 6.42 Å². The molecule has 0 bridgehead atoms. The van der Waals surface area contributed by atoms with Gasteiger partial charge < -0.3 is 0 Å². The Morgan fingerprint density at radius 1 is 1.23 bits per heavy atom. The molecule has 1 heteroatoms. The molecule has 0 aliphatic heterocycles. The van der Waals surface area contributed by atoms with Gasteiger partial charge in [0.05, 0.1) is 0 Å². The fourth-order valence-corrected chi connectivity index (χ4v) is 2.53. The van der Waals surface area contributed by atoms with Crippen LogP contribution < -0.4 is 0 Å². The lowest BCUT2D eigenvalue weighted by molar-refractivity contribution is 0.489. The summed E-state index contributed by atoms with van der Waals surface area (Å²) in [6.07, 6.45) is 1.30. The maximum absolute atomic E-state index is 2.34. The molecular weight excluding hydrogens is 180 g/mol. The van der Waals surface area contributed by atoms with Crippen LogP contribution in [0.5, 0.6) is 0 Å². The molecule has 2 rings (SSSR count). The fourth-order valence-electron chi connectivity index (χ4n) is 2.53. The molecule has 0 N–H and O–H groups in total. The first-order chi connectivity index (χ1) is 5.61. The van der Waals surface area contributed by atoms with E-state index in [4.69, 9.17) is 0 Å². The zero-order valence-corrected chi connectivity index (χ0v) is 9.32. The van der Waals surface area contributed by atoms with Gasteiger partial charge in [-0.15, -0.1) is 12.4 Å². The van der Waals surface area contributed by atoms with Crippen molar-refractivity contribution >= 4 is 12.4 Å². The Labute approximate surface area is 86.8 Å². The van der Waals surface area contributed by atoms with Crippen molar-refractivity contribution in [2.45, 2.75) is 38.5 Å². The first-order valence-electron chi connectivity index (χ1n) is 4.71. The number of benzene rings is 1. The zero-order chi connectivity index (χ0) is 8.77. The molecule has 1 aromatic rings. The van der Waals surface area contributed by atoms with Crippen LogP contribution in [0, 0.1) is 0 Å². The smallest absolute Gasteiger partial charge is 0.00950 e. The number of rotatable bonds is 0. The van der Waals surface area contributed by atoms with E-state index in [-0.39, 0.29) is 12.4 Å². The standard InChI is InChI=1S/C12H16.ClH/c1-9-8-12(2,3)11-7-5-4-6-10(9)11;/h4-7,9H,8H2,1-3H3;1H. The van der Waals surface area contributed by atoms with Crippen molar-refractivity contribution in [3.8, 4) is 0 Å². The third kappa shape index (κ3) is 1.60. The van der Waals surface area contributed by atoms with Crippen molar-refractivity contribution in [1.82, 2.24) is 0 Å². The summed E-state index contributed by atoms with van der Waals surface area (Å²) in [5.74, 6) is 0.746. The molecule has 0 heterocycles. The second-order valence-electron chi connectivity index (χ2n) is 4.58. The molecule has 0 amide bonds. The predicted molar refractivity (Wildman–Crippen MR) is 59.7 cm³/mol. The molecule has 1 aliphatic carbocycles. The second-order valence-corrected chi connectivity index (χ2v) is 4.58. The molecule has 0 aromatic heterocycles. The molecule has 1 aliphatic rings. The topological polar surface area (TPSA) is 0 Å². The van der Waals surface area contributed by atoms with E-state index in [0.29, 0.717) is 5.41 Å². The van der Waals surface area contributed by atoms with E-state index < -0.39 is 0 Å². The molecule has 0 spiro atoms. The lowest BCUT2D eigenvalue weighted by Crippen LogP contribution is -2.11. The third-order valence-corrected chi connectivity index (χ3v) is 3.04. The predicted octanol–water partition coefficient (Wildman–Crippen LogP) is 3.89. The minimum absolute atomic E-state index is 0. The average molecular weight is 197 g/mol. The number of hydrogen-bond acceptors (Lipinski definition) is 0. The summed E-state index contributed by atoms with van der Waals surface area (Å²) in [6, 6.07) is 8.85. The van der Waals surface area contributed by atoms with Gasteiger partial charge in [-0.2, -0.15) is 0 Å². The lowest BCUT2D eigenvalue weighted by atomic mass is 9.86. The number of hydrogen-bond donors (Lipinski definition) is 0. The highest BCUT2D eigenvalue weighted by atomic mass is 35.5. The SMILES string of the molecule is CC1CC(C)(C)c2ccccc21.Cl. The van der Waals surface area contributed by atoms with E-state index in [1.807, 2.05) is 0 Å². The Morgan fingerprint density at radius 2 is 1.85 bits per heavy atom. The summed E-state index contributed by atoms with van der Waals surface area (Å²) in [5.41, 5.74) is 3.51. The average Bonchev–Trinajstić information content (AvgIpc) is 2.25. The normalized spacial score (nSPS) is 23.5. The Morgan fingerprint density at radius 3 is 2.46 bits per heavy atom. The molecule has 72 valence electrons. The van der Waals surface area contributed by atoms with Gasteiger partial charge in [0.2, 0.25) is 0 Å². The van der Waals surface area contributed by atoms with Crippen molar-refractivity contribution < 1.29 is 0 Å². The summed E-state index contributed by atoms with van der Waals surface area (Å²) in [7, 11) is 0. The Balaban J connectivity index is 0.000000845. The van der Waals surface area contributed by atoms with Crippen LogP contribution in [0.4, 0.5) is 0 Å². The second kappa shape index (κ2) is 3.34. The van der Waals surface area contributed by atoms with Crippen LogP contribution in [-0.2, 0) is 5.41 Å². The van der Waals surface area contributed by atoms with Crippen molar-refractivity contribution in [2.75, 3.05) is 0 Å². The van der Waals surface area contributed by atoms with Crippen LogP contribution in [0.3, 0.4) is 0 Å². The summed E-state index contributed by atoms with van der Waals surface area (Å²) >= 11 is 0. The first-order valence-corrected chi connectivity index (χ1v) is 4.71. The molecular formula is C12H17Cl. The molecule has 13 heavy (non-hydrogen) atoms. The van der Waals surface area contributed by atoms with E-state index in [0.717, 1.165) is 5.92 Å². The summed E-state index contributed by atoms with van der Waals surface area (Å²) in [6.45, 7) is 7.01. The van der Waals surface area contributed by atoms with Crippen LogP contribution >= 0.6 is 12.4 Å². The van der Waals surface area contributed by atoms with Gasteiger partial charge in [-0.3, -0.25) is 0 Å². The Hall–Kier alpha value is -0.490. The van der Waals surface area contributed by atoms with Gasteiger partial charge in [-0.05, 0) is 28.9 Å². The molecule has 1 aromatic carbocycles. The molecule has 1 unspecified atom stereocenters. The van der Waals surface area contributed by atoms with Crippen LogP contribution in [0.25, 0.3) is 0 Å². The molecule has 0 fully saturated rings. The van der Waals surface area contributed by atoms with Gasteiger partial charge in [0.25, 0.3) is 0 Å². The Kier molecular flexibility index (Phi) is 2.72. The van der Waals surface area contributed by atoms with Crippen molar-refractivity contribution in [2.24, 2.45) is 0 Å². The van der Waals surface area contributed by atoms with Crippen LogP contribution in [0.1, 0.15) is 44.2 Å². The third-order valence-electron chi connectivity index (χ3n) is 3.04. The van der Waals surface area contributed by atoms with Gasteiger partial charge in [-0.25, -0.2) is 0 Å². The summed E-state index contributed by atoms with van der Waals surface area (Å²) < 4.78 is 0. The summed E-state index contributed by atoms with van der Waals surface area (Å²) in [4.78, 5) is 0. The van der Waals surface area contributed by atoms with Gasteiger partial charge in [-0.1, -0.05) is 45.0 Å². The van der Waals surface area contributed by atoms with Gasteiger partial charge in [0, 0.05) is 0 Å². The first kappa shape index (κ1) is 10.6. The molecule has 1 atom stereocenters. The van der Waals surface area contributed by atoms with Gasteiger partial charge in [0.1, 0.15) is 0 Å². The monoisotopic (exact) mass is 196 g/mol. The highest BCUT2D eigenvalue weighted by molar-refractivity contribution is 5.85. The van der Waals surface area contributed by atoms with Crippen molar-refractivity contribution in [3.05, 3.63) is 35.4 Å². The van der Waals surface area contributed by atoms with E-state index in [2.05, 4.69) is 45.0 Å². The summed E-state index contributed by atoms with van der Waals surface area (Å²) in [5, 5.41) is 0. The van der Waals surface area contributed by atoms with E-state index in [9.17, 15) is 0 Å². The van der Waals surface area contributed by atoms with Gasteiger partial charge >= 0.3 is 0 Å². The maximum Gasteiger partial charge on any atom is -0.00950 e. The highest BCUT2D eigenvalue weighted by Gasteiger charge is 2.33. The number of fused-ring (bicyclic) bond motifs is 1. The zero-order valence-electron chi connectivity index (χ0n) is 8.50.